The lowest BCUT2D eigenvalue weighted by Crippen LogP contribution is -2.59. The lowest BCUT2D eigenvalue weighted by atomic mass is 9.74. The Morgan fingerprint density at radius 1 is 1.21 bits per heavy atom. The van der Waals surface area contributed by atoms with E-state index in [4.69, 9.17) is 0 Å². The molecule has 1 saturated carbocycles. The Bertz CT molecular complexity index is 906. The van der Waals surface area contributed by atoms with Gasteiger partial charge >= 0.3 is 18.0 Å². The zero-order valence-corrected chi connectivity index (χ0v) is 15.0. The predicted molar refractivity (Wildman–Crippen MR) is 89.7 cm³/mol. The first-order valence-electron chi connectivity index (χ1n) is 8.55. The van der Waals surface area contributed by atoms with Crippen LogP contribution in [0.4, 0.5) is 36.6 Å². The van der Waals surface area contributed by atoms with Crippen molar-refractivity contribution in [1.29, 1.82) is 0 Å². The smallest absolute Gasteiger partial charge is 0.309 e. The minimum atomic E-state index is -4.63. The minimum Gasteiger partial charge on any atom is -0.309 e. The van der Waals surface area contributed by atoms with Gasteiger partial charge in [-0.1, -0.05) is 30.3 Å². The summed E-state index contributed by atoms with van der Waals surface area (Å²) in [7, 11) is 1.37. The molecule has 3 rings (SSSR count). The molecule has 1 fully saturated rings. The highest BCUT2D eigenvalue weighted by Gasteiger charge is 2.71. The van der Waals surface area contributed by atoms with Crippen LogP contribution in [0.25, 0.3) is 11.3 Å². The number of amides is 1. The van der Waals surface area contributed by atoms with Crippen molar-refractivity contribution in [1.82, 2.24) is 9.78 Å². The van der Waals surface area contributed by atoms with Gasteiger partial charge in [-0.25, -0.2) is 0 Å². The molecule has 29 heavy (non-hydrogen) atoms. The van der Waals surface area contributed by atoms with E-state index in [-0.39, 0.29) is 11.3 Å². The zero-order valence-electron chi connectivity index (χ0n) is 15.0. The average molecular weight is 423 g/mol. The maximum Gasteiger partial charge on any atom is 0.393 e. The summed E-state index contributed by atoms with van der Waals surface area (Å²) in [6, 6.07) is 7.99. The van der Waals surface area contributed by atoms with E-state index >= 15 is 0 Å². The number of aromatic nitrogens is 2. The van der Waals surface area contributed by atoms with Crippen LogP contribution < -0.4 is 5.32 Å². The van der Waals surface area contributed by atoms with Crippen molar-refractivity contribution in [2.45, 2.75) is 37.3 Å². The number of aryl methyl sites for hydroxylation is 1. The summed E-state index contributed by atoms with van der Waals surface area (Å²) in [5.74, 6) is -12.0. The van der Waals surface area contributed by atoms with Gasteiger partial charge in [0, 0.05) is 36.9 Å². The number of alkyl halides is 7. The molecule has 2 aromatic rings. The third-order valence-corrected chi connectivity index (χ3v) is 4.76. The first-order chi connectivity index (χ1) is 13.3. The molecular formula is C18H16F7N3O. The molecule has 0 aliphatic heterocycles. The molecule has 1 heterocycles. The molecule has 0 spiro atoms. The number of benzene rings is 1. The second kappa shape index (κ2) is 7.03. The average Bonchev–Trinajstić information content (AvgIpc) is 2.88. The predicted octanol–water partition coefficient (Wildman–Crippen LogP) is 4.81. The molecule has 1 amide bonds. The SMILES string of the molecule is Cn1nc(NC(=O)C[C@H]2CC(F)(F)C2(F)F)c(CC(F)(F)F)c1-c1ccccc1. The Balaban J connectivity index is 1.86. The summed E-state index contributed by atoms with van der Waals surface area (Å²) >= 11 is 0. The fraction of sp³-hybridized carbons (Fsp3) is 0.444. The van der Waals surface area contributed by atoms with Crippen molar-refractivity contribution in [3.8, 4) is 11.3 Å². The van der Waals surface area contributed by atoms with Gasteiger partial charge in [-0.15, -0.1) is 0 Å². The van der Waals surface area contributed by atoms with Crippen molar-refractivity contribution in [3.05, 3.63) is 35.9 Å². The number of carbonyl (C=O) groups excluding carboxylic acids is 1. The highest BCUT2D eigenvalue weighted by molar-refractivity contribution is 5.92. The van der Waals surface area contributed by atoms with Gasteiger partial charge in [-0.05, 0) is 0 Å². The van der Waals surface area contributed by atoms with Crippen LogP contribution in [-0.2, 0) is 18.3 Å². The normalized spacial score (nSPS) is 20.2. The van der Waals surface area contributed by atoms with Gasteiger partial charge in [-0.2, -0.15) is 35.8 Å². The fourth-order valence-corrected chi connectivity index (χ4v) is 3.34. The van der Waals surface area contributed by atoms with Gasteiger partial charge in [0.15, 0.2) is 5.82 Å². The number of nitrogens with one attached hydrogen (secondary N) is 1. The number of nitrogens with zero attached hydrogens (tertiary/aromatic N) is 2. The molecule has 1 aliphatic rings. The highest BCUT2D eigenvalue weighted by Crippen LogP contribution is 2.56. The van der Waals surface area contributed by atoms with E-state index in [1.807, 2.05) is 0 Å². The van der Waals surface area contributed by atoms with E-state index in [0.717, 1.165) is 4.68 Å². The van der Waals surface area contributed by atoms with Crippen molar-refractivity contribution in [2.24, 2.45) is 13.0 Å². The molecule has 4 nitrogen and oxygen atoms in total. The second-order valence-electron chi connectivity index (χ2n) is 6.94. The maximum absolute atomic E-state index is 13.4. The maximum atomic E-state index is 13.4. The lowest BCUT2D eigenvalue weighted by molar-refractivity contribution is -0.313. The van der Waals surface area contributed by atoms with Crippen molar-refractivity contribution >= 4 is 11.7 Å². The van der Waals surface area contributed by atoms with Crippen LogP contribution in [0.1, 0.15) is 18.4 Å². The Morgan fingerprint density at radius 2 is 1.83 bits per heavy atom. The lowest BCUT2D eigenvalue weighted by Gasteiger charge is -2.43. The third kappa shape index (κ3) is 4.08. The first kappa shape index (κ1) is 21.1. The van der Waals surface area contributed by atoms with Gasteiger partial charge in [0.2, 0.25) is 5.91 Å². The third-order valence-electron chi connectivity index (χ3n) is 4.76. The number of halogens is 7. The number of rotatable bonds is 5. The molecule has 1 aliphatic carbocycles. The highest BCUT2D eigenvalue weighted by atomic mass is 19.4. The van der Waals surface area contributed by atoms with Gasteiger partial charge < -0.3 is 5.32 Å². The monoisotopic (exact) mass is 423 g/mol. The molecular weight excluding hydrogens is 407 g/mol. The van der Waals surface area contributed by atoms with Crippen LogP contribution in [0.2, 0.25) is 0 Å². The summed E-state index contributed by atoms with van der Waals surface area (Å²) in [5.41, 5.74) is 0.163. The molecule has 1 aromatic heterocycles. The zero-order chi connectivity index (χ0) is 21.6. The van der Waals surface area contributed by atoms with Crippen LogP contribution in [0.15, 0.2) is 30.3 Å². The summed E-state index contributed by atoms with van der Waals surface area (Å²) in [6.07, 6.45) is -8.17. The molecule has 158 valence electrons. The molecule has 0 bridgehead atoms. The van der Waals surface area contributed by atoms with E-state index in [2.05, 4.69) is 10.4 Å². The number of hydrogen-bond acceptors (Lipinski definition) is 2. The van der Waals surface area contributed by atoms with Crippen LogP contribution in [0.5, 0.6) is 0 Å². The van der Waals surface area contributed by atoms with E-state index in [9.17, 15) is 35.5 Å². The van der Waals surface area contributed by atoms with Gasteiger partial charge in [-0.3, -0.25) is 9.48 Å². The molecule has 1 N–H and O–H groups in total. The van der Waals surface area contributed by atoms with E-state index in [0.29, 0.717) is 5.56 Å². The Hall–Kier alpha value is -2.59. The molecule has 0 radical (unpaired) electrons. The fourth-order valence-electron chi connectivity index (χ4n) is 3.34. The molecule has 0 saturated heterocycles. The molecule has 1 atom stereocenters. The Morgan fingerprint density at radius 3 is 2.34 bits per heavy atom. The van der Waals surface area contributed by atoms with Gasteiger partial charge in [0.1, 0.15) is 0 Å². The summed E-state index contributed by atoms with van der Waals surface area (Å²) in [5, 5.41) is 5.96. The van der Waals surface area contributed by atoms with Crippen LogP contribution >= 0.6 is 0 Å². The standard InChI is InChI=1S/C18H16F7N3O/c1-28-14(10-5-3-2-4-6-10)12(9-17(21,22)23)15(27-28)26-13(29)7-11-8-16(19,20)18(11,24)25/h2-6,11H,7-9H2,1H3,(H,26,27,29)/t11-/m0/s1. The number of anilines is 1. The number of hydrogen-bond donors (Lipinski definition) is 1. The van der Waals surface area contributed by atoms with Crippen molar-refractivity contribution < 1.29 is 35.5 Å². The van der Waals surface area contributed by atoms with Gasteiger partial charge in [0.25, 0.3) is 0 Å². The molecule has 11 heteroatoms. The van der Waals surface area contributed by atoms with E-state index in [1.54, 1.807) is 30.3 Å². The van der Waals surface area contributed by atoms with Crippen LogP contribution in [0.3, 0.4) is 0 Å². The van der Waals surface area contributed by atoms with Crippen LogP contribution in [-0.4, -0.2) is 33.7 Å². The largest absolute Gasteiger partial charge is 0.393 e. The molecule has 1 aromatic carbocycles. The van der Waals surface area contributed by atoms with Crippen LogP contribution in [0, 0.1) is 5.92 Å². The summed E-state index contributed by atoms with van der Waals surface area (Å²) in [4.78, 5) is 12.1. The van der Waals surface area contributed by atoms with Crippen molar-refractivity contribution in [2.75, 3.05) is 5.32 Å². The minimum absolute atomic E-state index is 0.0960. The van der Waals surface area contributed by atoms with E-state index < -0.39 is 54.9 Å². The quantitative estimate of drug-likeness (QED) is 0.702. The van der Waals surface area contributed by atoms with Crippen molar-refractivity contribution in [3.63, 3.8) is 0 Å². The van der Waals surface area contributed by atoms with E-state index in [1.165, 1.54) is 7.05 Å². The molecule has 0 unspecified atom stereocenters. The first-order valence-corrected chi connectivity index (χ1v) is 8.55. The van der Waals surface area contributed by atoms with Gasteiger partial charge in [0.05, 0.1) is 12.1 Å². The topological polar surface area (TPSA) is 46.9 Å². The summed E-state index contributed by atoms with van der Waals surface area (Å²) in [6.45, 7) is 0. The second-order valence-corrected chi connectivity index (χ2v) is 6.94. The summed E-state index contributed by atoms with van der Waals surface area (Å²) < 4.78 is 93.0. The Kier molecular flexibility index (Phi) is 5.12. The number of carbonyl (C=O) groups is 1. The Labute approximate surface area is 160 Å².